The molecular weight excluding hydrogens is 377 g/mol. The number of hydrogen-bond acceptors (Lipinski definition) is 5. The molecule has 1 unspecified atom stereocenters. The number of nitrogens with zero attached hydrogens (tertiary/aromatic N) is 1. The summed E-state index contributed by atoms with van der Waals surface area (Å²) < 4.78 is 24.4. The minimum absolute atomic E-state index is 0.00473. The average molecular weight is 397 g/mol. The summed E-state index contributed by atoms with van der Waals surface area (Å²) in [5.41, 5.74) is 0.450. The van der Waals surface area contributed by atoms with E-state index >= 15 is 0 Å². The molecule has 1 atom stereocenters. The van der Waals surface area contributed by atoms with Crippen LogP contribution in [-0.4, -0.2) is 42.5 Å². The molecular formula is C22H20FNO5. The summed E-state index contributed by atoms with van der Waals surface area (Å²) in [5, 5.41) is 10.9. The van der Waals surface area contributed by atoms with E-state index in [9.17, 15) is 19.1 Å². The minimum Gasteiger partial charge on any atom is -0.507 e. The van der Waals surface area contributed by atoms with Gasteiger partial charge in [-0.25, -0.2) is 4.39 Å². The van der Waals surface area contributed by atoms with Gasteiger partial charge in [0.2, 0.25) is 0 Å². The third-order valence-electron chi connectivity index (χ3n) is 4.66. The largest absolute Gasteiger partial charge is 0.507 e. The van der Waals surface area contributed by atoms with Gasteiger partial charge in [-0.2, -0.15) is 0 Å². The third kappa shape index (κ3) is 3.71. The summed E-state index contributed by atoms with van der Waals surface area (Å²) in [5.74, 6) is -1.96. The average Bonchev–Trinajstić information content (AvgIpc) is 2.96. The van der Waals surface area contributed by atoms with Crippen molar-refractivity contribution in [1.29, 1.82) is 0 Å². The van der Waals surface area contributed by atoms with Gasteiger partial charge in [-0.1, -0.05) is 24.8 Å². The number of aliphatic hydroxyl groups excluding tert-OH is 1. The van der Waals surface area contributed by atoms with Crippen LogP contribution in [0.3, 0.4) is 0 Å². The van der Waals surface area contributed by atoms with Crippen molar-refractivity contribution in [1.82, 2.24) is 4.90 Å². The van der Waals surface area contributed by atoms with Crippen LogP contribution < -0.4 is 9.47 Å². The minimum atomic E-state index is -0.853. The number of ketones is 1. The van der Waals surface area contributed by atoms with Gasteiger partial charge in [0.15, 0.2) is 0 Å². The van der Waals surface area contributed by atoms with Crippen LogP contribution in [0.15, 0.2) is 60.7 Å². The molecule has 6 nitrogen and oxygen atoms in total. The predicted molar refractivity (Wildman–Crippen MR) is 105 cm³/mol. The fourth-order valence-electron chi connectivity index (χ4n) is 3.25. The number of benzene rings is 2. The molecule has 2 aromatic carbocycles. The molecule has 150 valence electrons. The fraction of sp³-hybridized carbons (Fsp3) is 0.182. The van der Waals surface area contributed by atoms with Gasteiger partial charge in [0.05, 0.1) is 24.3 Å². The lowest BCUT2D eigenvalue weighted by Crippen LogP contribution is -2.24. The maximum Gasteiger partial charge on any atom is 0.295 e. The molecule has 1 fully saturated rings. The summed E-state index contributed by atoms with van der Waals surface area (Å²) >= 11 is 0. The van der Waals surface area contributed by atoms with Crippen LogP contribution in [-0.2, 0) is 9.59 Å². The van der Waals surface area contributed by atoms with Gasteiger partial charge in [0.1, 0.15) is 29.7 Å². The molecule has 1 amide bonds. The van der Waals surface area contributed by atoms with E-state index in [2.05, 4.69) is 6.58 Å². The first kappa shape index (κ1) is 20.1. The number of rotatable bonds is 6. The van der Waals surface area contributed by atoms with E-state index in [4.69, 9.17) is 9.47 Å². The lowest BCUT2D eigenvalue weighted by Gasteiger charge is -2.21. The highest BCUT2D eigenvalue weighted by Gasteiger charge is 2.44. The van der Waals surface area contributed by atoms with Crippen molar-refractivity contribution in [3.05, 3.63) is 77.6 Å². The summed E-state index contributed by atoms with van der Waals surface area (Å²) in [6.45, 7) is 3.92. The van der Waals surface area contributed by atoms with Gasteiger partial charge >= 0.3 is 0 Å². The quantitative estimate of drug-likeness (QED) is 0.350. The van der Waals surface area contributed by atoms with Gasteiger partial charge in [0, 0.05) is 7.05 Å². The molecule has 2 aromatic rings. The smallest absolute Gasteiger partial charge is 0.295 e. The standard InChI is InChI=1S/C22H20FNO5/c1-4-11-29-15-8-5-13(6-9-15)19-18(21(26)22(27)24(19)2)20(25)16-12-14(23)7-10-17(16)28-3/h4-10,12,19,25H,1,11H2,2-3H3/b20-18+. The normalized spacial score (nSPS) is 18.0. The number of ether oxygens (including phenoxy) is 2. The topological polar surface area (TPSA) is 76.1 Å². The molecule has 0 saturated carbocycles. The van der Waals surface area contributed by atoms with E-state index in [0.29, 0.717) is 17.9 Å². The zero-order valence-corrected chi connectivity index (χ0v) is 16.0. The third-order valence-corrected chi connectivity index (χ3v) is 4.66. The molecule has 3 rings (SSSR count). The van der Waals surface area contributed by atoms with Crippen molar-refractivity contribution < 1.29 is 28.6 Å². The van der Waals surface area contributed by atoms with Crippen molar-refractivity contribution in [2.75, 3.05) is 20.8 Å². The van der Waals surface area contributed by atoms with Gasteiger partial charge in [-0.05, 0) is 35.9 Å². The second kappa shape index (κ2) is 8.18. The molecule has 1 heterocycles. The molecule has 0 bridgehead atoms. The van der Waals surface area contributed by atoms with E-state index in [-0.39, 0.29) is 16.9 Å². The Kier molecular flexibility index (Phi) is 5.68. The number of amides is 1. The van der Waals surface area contributed by atoms with Gasteiger partial charge in [0.25, 0.3) is 11.7 Å². The first-order valence-corrected chi connectivity index (χ1v) is 8.81. The van der Waals surface area contributed by atoms with Crippen LogP contribution >= 0.6 is 0 Å². The molecule has 1 aliphatic rings. The summed E-state index contributed by atoms with van der Waals surface area (Å²) in [6, 6.07) is 9.51. The van der Waals surface area contributed by atoms with Gasteiger partial charge < -0.3 is 19.5 Å². The Morgan fingerprint density at radius 1 is 1.24 bits per heavy atom. The fourth-order valence-corrected chi connectivity index (χ4v) is 3.25. The zero-order chi connectivity index (χ0) is 21.1. The van der Waals surface area contributed by atoms with E-state index in [1.165, 1.54) is 31.2 Å². The van der Waals surface area contributed by atoms with Crippen molar-refractivity contribution in [2.24, 2.45) is 0 Å². The van der Waals surface area contributed by atoms with Crippen molar-refractivity contribution in [2.45, 2.75) is 6.04 Å². The lowest BCUT2D eigenvalue weighted by atomic mass is 9.95. The molecule has 0 aliphatic carbocycles. The SMILES string of the molecule is C=CCOc1ccc(C2/C(=C(\O)c3cc(F)ccc3OC)C(=O)C(=O)N2C)cc1. The Labute approximate surface area is 167 Å². The summed E-state index contributed by atoms with van der Waals surface area (Å²) in [7, 11) is 2.83. The van der Waals surface area contributed by atoms with Crippen molar-refractivity contribution in [3.63, 3.8) is 0 Å². The molecule has 0 spiro atoms. The maximum absolute atomic E-state index is 13.8. The summed E-state index contributed by atoms with van der Waals surface area (Å²) in [4.78, 5) is 26.2. The van der Waals surface area contributed by atoms with Crippen molar-refractivity contribution >= 4 is 17.4 Å². The number of carbonyl (C=O) groups is 2. The van der Waals surface area contributed by atoms with E-state index < -0.39 is 29.3 Å². The van der Waals surface area contributed by atoms with Gasteiger partial charge in [-0.15, -0.1) is 0 Å². The molecule has 1 N–H and O–H groups in total. The Bertz CT molecular complexity index is 997. The highest BCUT2D eigenvalue weighted by molar-refractivity contribution is 6.46. The van der Waals surface area contributed by atoms with E-state index in [1.54, 1.807) is 30.3 Å². The Morgan fingerprint density at radius 3 is 2.55 bits per heavy atom. The van der Waals surface area contributed by atoms with Crippen LogP contribution in [0.5, 0.6) is 11.5 Å². The molecule has 7 heteroatoms. The first-order chi connectivity index (χ1) is 13.9. The number of methoxy groups -OCH3 is 1. The highest BCUT2D eigenvalue weighted by Crippen LogP contribution is 2.40. The number of aliphatic hydroxyl groups is 1. The number of likely N-dealkylation sites (tertiary alicyclic amines) is 1. The zero-order valence-electron chi connectivity index (χ0n) is 16.0. The number of Topliss-reactive ketones (excluding diaryl/α,β-unsaturated/α-hetero) is 1. The monoisotopic (exact) mass is 397 g/mol. The van der Waals surface area contributed by atoms with Crippen LogP contribution in [0.2, 0.25) is 0 Å². The van der Waals surface area contributed by atoms with Crippen molar-refractivity contribution in [3.8, 4) is 11.5 Å². The molecule has 0 radical (unpaired) electrons. The van der Waals surface area contributed by atoms with E-state index in [0.717, 1.165) is 6.07 Å². The molecule has 0 aromatic heterocycles. The Balaban J connectivity index is 2.11. The molecule has 1 aliphatic heterocycles. The van der Waals surface area contributed by atoms with Crippen LogP contribution in [0.25, 0.3) is 5.76 Å². The molecule has 29 heavy (non-hydrogen) atoms. The first-order valence-electron chi connectivity index (χ1n) is 8.81. The van der Waals surface area contributed by atoms with Crippen LogP contribution in [0.1, 0.15) is 17.2 Å². The Hall–Kier alpha value is -3.61. The van der Waals surface area contributed by atoms with Crippen LogP contribution in [0, 0.1) is 5.82 Å². The second-order valence-corrected chi connectivity index (χ2v) is 6.42. The lowest BCUT2D eigenvalue weighted by molar-refractivity contribution is -0.139. The Morgan fingerprint density at radius 2 is 1.93 bits per heavy atom. The molecule has 1 saturated heterocycles. The number of hydrogen-bond donors (Lipinski definition) is 1. The summed E-state index contributed by atoms with van der Waals surface area (Å²) in [6.07, 6.45) is 1.61. The van der Waals surface area contributed by atoms with Gasteiger partial charge in [-0.3, -0.25) is 9.59 Å². The van der Waals surface area contributed by atoms with E-state index in [1.807, 2.05) is 0 Å². The maximum atomic E-state index is 13.8. The van der Waals surface area contributed by atoms with Crippen LogP contribution in [0.4, 0.5) is 4.39 Å². The second-order valence-electron chi connectivity index (χ2n) is 6.42. The highest BCUT2D eigenvalue weighted by atomic mass is 19.1. The number of carbonyl (C=O) groups excluding carboxylic acids is 2. The number of likely N-dealkylation sites (N-methyl/N-ethyl adjacent to an activating group) is 1. The predicted octanol–water partition coefficient (Wildman–Crippen LogP) is 3.45. The number of halogens is 1.